The van der Waals surface area contributed by atoms with Gasteiger partial charge >= 0.3 is 5.97 Å². The molecule has 1 rings (SSSR count). The second-order valence-corrected chi connectivity index (χ2v) is 5.18. The Bertz CT molecular complexity index is 338. The van der Waals surface area contributed by atoms with Crippen LogP contribution in [0.4, 0.5) is 0 Å². The predicted octanol–water partition coefficient (Wildman–Crippen LogP) is 1.88. The number of thioether (sulfide) groups is 1. The van der Waals surface area contributed by atoms with Crippen LogP contribution in [0, 0.1) is 6.92 Å². The molecule has 1 heterocycles. The molecule has 1 aromatic heterocycles. The van der Waals surface area contributed by atoms with Crippen LogP contribution in [0.5, 0.6) is 0 Å². The minimum Gasteiger partial charge on any atom is -0.469 e. The molecule has 4 nitrogen and oxygen atoms in total. The van der Waals surface area contributed by atoms with Gasteiger partial charge in [0.15, 0.2) is 0 Å². The third-order valence-corrected chi connectivity index (χ3v) is 3.49. The molecule has 0 aliphatic heterocycles. The monoisotopic (exact) mass is 242 g/mol. The Morgan fingerprint density at radius 1 is 1.69 bits per heavy atom. The van der Waals surface area contributed by atoms with Gasteiger partial charge in [0.25, 0.3) is 0 Å². The number of methoxy groups -OCH3 is 1. The summed E-state index contributed by atoms with van der Waals surface area (Å²) in [6.45, 7) is 4.97. The molecule has 0 radical (unpaired) electrons. The molecule has 0 spiro atoms. The van der Waals surface area contributed by atoms with Crippen molar-refractivity contribution in [2.75, 3.05) is 12.9 Å². The molecule has 1 aromatic rings. The average molecular weight is 242 g/mol. The normalized spacial score (nSPS) is 12.4. The number of rotatable bonds is 6. The largest absolute Gasteiger partial charge is 0.469 e. The molecule has 0 fully saturated rings. The summed E-state index contributed by atoms with van der Waals surface area (Å²) < 4.78 is 6.73. The summed E-state index contributed by atoms with van der Waals surface area (Å²) in [5.41, 5.74) is 0. The molecular formula is C11H18N2O2S. The van der Waals surface area contributed by atoms with Gasteiger partial charge in [-0.15, -0.1) is 0 Å². The Morgan fingerprint density at radius 3 is 3.00 bits per heavy atom. The van der Waals surface area contributed by atoms with E-state index >= 15 is 0 Å². The van der Waals surface area contributed by atoms with Gasteiger partial charge < -0.3 is 9.30 Å². The number of carbonyl (C=O) groups is 1. The Morgan fingerprint density at radius 2 is 2.44 bits per heavy atom. The lowest BCUT2D eigenvalue weighted by molar-refractivity contribution is -0.140. The standard InChI is InChI=1S/C11H18N2O2S/c1-9(8-11(14)15-3)16-7-6-13-5-4-12-10(13)2/h4-5,9H,6-8H2,1-3H3. The van der Waals surface area contributed by atoms with Gasteiger partial charge in [-0.05, 0) is 6.92 Å². The van der Waals surface area contributed by atoms with Crippen molar-refractivity contribution in [1.29, 1.82) is 0 Å². The first-order valence-corrected chi connectivity index (χ1v) is 6.34. The highest BCUT2D eigenvalue weighted by molar-refractivity contribution is 7.99. The van der Waals surface area contributed by atoms with Crippen LogP contribution in [0.2, 0.25) is 0 Å². The zero-order valence-corrected chi connectivity index (χ0v) is 10.8. The third kappa shape index (κ3) is 4.26. The van der Waals surface area contributed by atoms with Crippen molar-refractivity contribution in [2.24, 2.45) is 0 Å². The fourth-order valence-electron chi connectivity index (χ4n) is 1.37. The van der Waals surface area contributed by atoms with Crippen LogP contribution in [-0.4, -0.2) is 33.6 Å². The summed E-state index contributed by atoms with van der Waals surface area (Å²) in [5, 5.41) is 0.302. The lowest BCUT2D eigenvalue weighted by Crippen LogP contribution is -2.10. The minimum atomic E-state index is -0.140. The molecule has 0 N–H and O–H groups in total. The van der Waals surface area contributed by atoms with Crippen LogP contribution < -0.4 is 0 Å². The highest BCUT2D eigenvalue weighted by Gasteiger charge is 2.09. The summed E-state index contributed by atoms with van der Waals surface area (Å²) in [7, 11) is 1.43. The van der Waals surface area contributed by atoms with E-state index in [2.05, 4.69) is 14.3 Å². The van der Waals surface area contributed by atoms with Crippen molar-refractivity contribution in [3.8, 4) is 0 Å². The number of aromatic nitrogens is 2. The van der Waals surface area contributed by atoms with Gasteiger partial charge in [-0.3, -0.25) is 4.79 Å². The second kappa shape index (κ2) is 6.58. The first-order valence-electron chi connectivity index (χ1n) is 5.29. The third-order valence-electron chi connectivity index (χ3n) is 2.34. The molecule has 0 aromatic carbocycles. The molecule has 0 aliphatic carbocycles. The minimum absolute atomic E-state index is 0.140. The maximum absolute atomic E-state index is 11.0. The Hall–Kier alpha value is -0.970. The van der Waals surface area contributed by atoms with E-state index < -0.39 is 0 Å². The van der Waals surface area contributed by atoms with E-state index in [-0.39, 0.29) is 5.97 Å². The lowest BCUT2D eigenvalue weighted by Gasteiger charge is -2.10. The molecule has 16 heavy (non-hydrogen) atoms. The number of carbonyl (C=O) groups excluding carboxylic acids is 1. The zero-order valence-electron chi connectivity index (χ0n) is 9.97. The van der Waals surface area contributed by atoms with Crippen molar-refractivity contribution >= 4 is 17.7 Å². The molecular weight excluding hydrogens is 224 g/mol. The van der Waals surface area contributed by atoms with Crippen LogP contribution in [0.1, 0.15) is 19.2 Å². The van der Waals surface area contributed by atoms with Crippen molar-refractivity contribution in [2.45, 2.75) is 32.1 Å². The van der Waals surface area contributed by atoms with Gasteiger partial charge in [-0.25, -0.2) is 4.98 Å². The van der Waals surface area contributed by atoms with Crippen LogP contribution in [-0.2, 0) is 16.1 Å². The predicted molar refractivity (Wildman–Crippen MR) is 65.5 cm³/mol. The van der Waals surface area contributed by atoms with Crippen LogP contribution in [0.25, 0.3) is 0 Å². The van der Waals surface area contributed by atoms with Gasteiger partial charge in [0.05, 0.1) is 13.5 Å². The highest BCUT2D eigenvalue weighted by Crippen LogP contribution is 2.15. The lowest BCUT2D eigenvalue weighted by atomic mass is 10.3. The SMILES string of the molecule is COC(=O)CC(C)SCCn1ccnc1C. The Labute approximate surface area is 100 Å². The van der Waals surface area contributed by atoms with Gasteiger partial charge in [0, 0.05) is 29.9 Å². The van der Waals surface area contributed by atoms with E-state index in [1.165, 1.54) is 7.11 Å². The van der Waals surface area contributed by atoms with E-state index in [0.717, 1.165) is 18.1 Å². The summed E-state index contributed by atoms with van der Waals surface area (Å²) in [6, 6.07) is 0. The quantitative estimate of drug-likeness (QED) is 0.714. The number of imidazole rings is 1. The van der Waals surface area contributed by atoms with Gasteiger partial charge in [0.1, 0.15) is 5.82 Å². The Kier molecular flexibility index (Phi) is 5.38. The topological polar surface area (TPSA) is 44.1 Å². The number of nitrogens with zero attached hydrogens (tertiary/aromatic N) is 2. The molecule has 1 atom stereocenters. The molecule has 0 aliphatic rings. The van der Waals surface area contributed by atoms with E-state index in [0.29, 0.717) is 11.7 Å². The fourth-order valence-corrected chi connectivity index (χ4v) is 2.33. The molecule has 0 bridgehead atoms. The maximum Gasteiger partial charge on any atom is 0.306 e. The summed E-state index contributed by atoms with van der Waals surface area (Å²) in [6.07, 6.45) is 4.25. The summed E-state index contributed by atoms with van der Waals surface area (Å²) in [4.78, 5) is 15.2. The molecule has 0 saturated carbocycles. The van der Waals surface area contributed by atoms with Gasteiger partial charge in [0.2, 0.25) is 0 Å². The molecule has 90 valence electrons. The van der Waals surface area contributed by atoms with Gasteiger partial charge in [-0.2, -0.15) is 11.8 Å². The second-order valence-electron chi connectivity index (χ2n) is 3.63. The number of hydrogen-bond acceptors (Lipinski definition) is 4. The van der Waals surface area contributed by atoms with E-state index in [1.54, 1.807) is 18.0 Å². The average Bonchev–Trinajstić information content (AvgIpc) is 2.64. The van der Waals surface area contributed by atoms with E-state index in [4.69, 9.17) is 0 Å². The van der Waals surface area contributed by atoms with Crippen molar-refractivity contribution in [3.63, 3.8) is 0 Å². The van der Waals surface area contributed by atoms with E-state index in [1.807, 2.05) is 20.0 Å². The maximum atomic E-state index is 11.0. The number of aryl methyl sites for hydroxylation is 2. The molecule has 0 amide bonds. The number of hydrogen-bond donors (Lipinski definition) is 0. The zero-order chi connectivity index (χ0) is 12.0. The van der Waals surface area contributed by atoms with Crippen molar-refractivity contribution in [1.82, 2.24) is 9.55 Å². The first-order chi connectivity index (χ1) is 7.63. The van der Waals surface area contributed by atoms with Crippen LogP contribution >= 0.6 is 11.8 Å². The highest BCUT2D eigenvalue weighted by atomic mass is 32.2. The fraction of sp³-hybridized carbons (Fsp3) is 0.636. The first kappa shape index (κ1) is 13.1. The summed E-state index contributed by atoms with van der Waals surface area (Å²) >= 11 is 1.78. The van der Waals surface area contributed by atoms with Crippen molar-refractivity contribution < 1.29 is 9.53 Å². The van der Waals surface area contributed by atoms with E-state index in [9.17, 15) is 4.79 Å². The Balaban J connectivity index is 2.20. The number of ether oxygens (including phenoxy) is 1. The van der Waals surface area contributed by atoms with Crippen LogP contribution in [0.3, 0.4) is 0 Å². The summed E-state index contributed by atoms with van der Waals surface area (Å²) in [5.74, 6) is 1.87. The van der Waals surface area contributed by atoms with Gasteiger partial charge in [-0.1, -0.05) is 6.92 Å². The van der Waals surface area contributed by atoms with Crippen molar-refractivity contribution in [3.05, 3.63) is 18.2 Å². The molecule has 0 saturated heterocycles. The number of esters is 1. The molecule has 5 heteroatoms. The smallest absolute Gasteiger partial charge is 0.306 e. The molecule has 1 unspecified atom stereocenters. The van der Waals surface area contributed by atoms with Crippen LogP contribution in [0.15, 0.2) is 12.4 Å².